The Labute approximate surface area is 171 Å². The molecule has 1 aliphatic heterocycles. The van der Waals surface area contributed by atoms with Crippen molar-refractivity contribution in [1.82, 2.24) is 14.2 Å². The molecule has 144 valence electrons. The van der Waals surface area contributed by atoms with Crippen LogP contribution < -0.4 is 0 Å². The third-order valence-electron chi connectivity index (χ3n) is 4.47. The first-order valence-corrected chi connectivity index (χ1v) is 11.9. The summed E-state index contributed by atoms with van der Waals surface area (Å²) in [6, 6.07) is 7.15. The first-order valence-electron chi connectivity index (χ1n) is 8.41. The van der Waals surface area contributed by atoms with Crippen LogP contribution in [0.15, 0.2) is 38.3 Å². The number of aryl methyl sites for hydroxylation is 1. The second kappa shape index (κ2) is 7.65. The van der Waals surface area contributed by atoms with Gasteiger partial charge in [0.25, 0.3) is 10.0 Å². The van der Waals surface area contributed by atoms with Gasteiger partial charge >= 0.3 is 0 Å². The van der Waals surface area contributed by atoms with E-state index in [1.54, 1.807) is 23.5 Å². The highest BCUT2D eigenvalue weighted by atomic mass is 35.5. The minimum absolute atomic E-state index is 0.300. The van der Waals surface area contributed by atoms with E-state index in [4.69, 9.17) is 16.0 Å². The zero-order valence-corrected chi connectivity index (χ0v) is 17.8. The Morgan fingerprint density at radius 1 is 1.22 bits per heavy atom. The smallest absolute Gasteiger partial charge is 0.252 e. The molecule has 6 nitrogen and oxygen atoms in total. The fraction of sp³-hybridized carbons (Fsp3) is 0.353. The monoisotopic (exact) mass is 443 g/mol. The molecule has 1 fully saturated rings. The Kier molecular flexibility index (Phi) is 5.41. The fourth-order valence-electron chi connectivity index (χ4n) is 2.98. The molecule has 4 rings (SSSR count). The van der Waals surface area contributed by atoms with Gasteiger partial charge in [-0.15, -0.1) is 22.7 Å². The molecular weight excluding hydrogens is 426 g/mol. The van der Waals surface area contributed by atoms with Gasteiger partial charge in [-0.25, -0.2) is 13.4 Å². The molecule has 3 aromatic rings. The standard InChI is InChI=1S/C17H18ClN3O3S3/c1-12-13(19-17(24-12)14-3-2-10-25-14)11-20-6-8-21(9-7-20)27(22,23)16-5-4-15(18)26-16/h2-5,10H,6-9,11H2,1H3. The van der Waals surface area contributed by atoms with Gasteiger partial charge in [-0.1, -0.05) is 17.7 Å². The zero-order valence-electron chi connectivity index (χ0n) is 14.6. The Morgan fingerprint density at radius 2 is 2.00 bits per heavy atom. The van der Waals surface area contributed by atoms with Crippen LogP contribution in [0.3, 0.4) is 0 Å². The van der Waals surface area contributed by atoms with Gasteiger partial charge in [-0.05, 0) is 30.5 Å². The van der Waals surface area contributed by atoms with Crippen LogP contribution in [0, 0.1) is 6.92 Å². The molecule has 3 aromatic heterocycles. The van der Waals surface area contributed by atoms with Gasteiger partial charge in [-0.2, -0.15) is 4.31 Å². The Morgan fingerprint density at radius 3 is 2.63 bits per heavy atom. The van der Waals surface area contributed by atoms with Crippen LogP contribution in [0.25, 0.3) is 10.8 Å². The summed E-state index contributed by atoms with van der Waals surface area (Å²) in [5.74, 6) is 1.45. The number of sulfonamides is 1. The molecule has 0 amide bonds. The molecule has 0 N–H and O–H groups in total. The highest BCUT2D eigenvalue weighted by Crippen LogP contribution is 2.29. The van der Waals surface area contributed by atoms with Gasteiger partial charge in [0, 0.05) is 32.7 Å². The molecule has 0 saturated carbocycles. The van der Waals surface area contributed by atoms with E-state index in [-0.39, 0.29) is 0 Å². The number of piperazine rings is 1. The maximum Gasteiger partial charge on any atom is 0.252 e. The number of aromatic nitrogens is 1. The van der Waals surface area contributed by atoms with Gasteiger partial charge in [0.15, 0.2) is 0 Å². The summed E-state index contributed by atoms with van der Waals surface area (Å²) in [7, 11) is -3.46. The average molecular weight is 444 g/mol. The van der Waals surface area contributed by atoms with E-state index < -0.39 is 10.0 Å². The predicted molar refractivity (Wildman–Crippen MR) is 108 cm³/mol. The lowest BCUT2D eigenvalue weighted by Crippen LogP contribution is -2.48. The number of rotatable bonds is 5. The van der Waals surface area contributed by atoms with Crippen molar-refractivity contribution >= 4 is 44.3 Å². The topological polar surface area (TPSA) is 66.7 Å². The molecule has 1 saturated heterocycles. The van der Waals surface area contributed by atoms with Gasteiger partial charge in [0.1, 0.15) is 9.97 Å². The lowest BCUT2D eigenvalue weighted by molar-refractivity contribution is 0.179. The highest BCUT2D eigenvalue weighted by Gasteiger charge is 2.30. The summed E-state index contributed by atoms with van der Waals surface area (Å²) in [4.78, 5) is 7.84. The van der Waals surface area contributed by atoms with Crippen molar-refractivity contribution in [3.63, 3.8) is 0 Å². The van der Waals surface area contributed by atoms with Crippen molar-refractivity contribution < 1.29 is 12.8 Å². The van der Waals surface area contributed by atoms with Crippen LogP contribution >= 0.6 is 34.3 Å². The summed E-state index contributed by atoms with van der Waals surface area (Å²) in [5, 5.41) is 2.00. The molecule has 0 unspecified atom stereocenters. The lowest BCUT2D eigenvalue weighted by Gasteiger charge is -2.33. The van der Waals surface area contributed by atoms with E-state index in [0.717, 1.165) is 27.7 Å². The molecule has 0 spiro atoms. The van der Waals surface area contributed by atoms with E-state index in [0.29, 0.717) is 47.2 Å². The van der Waals surface area contributed by atoms with Gasteiger partial charge in [0.2, 0.25) is 5.89 Å². The molecule has 0 radical (unpaired) electrons. The number of thiophene rings is 2. The van der Waals surface area contributed by atoms with Crippen molar-refractivity contribution in [3.8, 4) is 10.8 Å². The molecule has 0 aliphatic carbocycles. The number of hydrogen-bond donors (Lipinski definition) is 0. The third kappa shape index (κ3) is 3.98. The molecule has 0 aromatic carbocycles. The summed E-state index contributed by atoms with van der Waals surface area (Å²) in [6.07, 6.45) is 0. The molecule has 10 heteroatoms. The van der Waals surface area contributed by atoms with Crippen molar-refractivity contribution in [2.45, 2.75) is 17.7 Å². The summed E-state index contributed by atoms with van der Waals surface area (Å²) >= 11 is 8.58. The molecular formula is C17H18ClN3O3S3. The van der Waals surface area contributed by atoms with E-state index in [2.05, 4.69) is 9.88 Å². The van der Waals surface area contributed by atoms with Crippen LogP contribution in [0.4, 0.5) is 0 Å². The number of nitrogens with zero attached hydrogens (tertiary/aromatic N) is 3. The molecule has 27 heavy (non-hydrogen) atoms. The largest absolute Gasteiger partial charge is 0.440 e. The van der Waals surface area contributed by atoms with E-state index in [9.17, 15) is 8.42 Å². The highest BCUT2D eigenvalue weighted by molar-refractivity contribution is 7.91. The van der Waals surface area contributed by atoms with Crippen molar-refractivity contribution in [2.75, 3.05) is 26.2 Å². The predicted octanol–water partition coefficient (Wildman–Crippen LogP) is 3.93. The van der Waals surface area contributed by atoms with Gasteiger partial charge in [0.05, 0.1) is 14.9 Å². The molecule has 0 bridgehead atoms. The van der Waals surface area contributed by atoms with Crippen LogP contribution in [0.5, 0.6) is 0 Å². The van der Waals surface area contributed by atoms with Gasteiger partial charge < -0.3 is 4.42 Å². The van der Waals surface area contributed by atoms with Crippen LogP contribution in [0.2, 0.25) is 4.34 Å². The fourth-order valence-corrected chi connectivity index (χ4v) is 6.69. The van der Waals surface area contributed by atoms with Crippen LogP contribution in [-0.2, 0) is 16.6 Å². The second-order valence-electron chi connectivity index (χ2n) is 6.24. The average Bonchev–Trinajstić information content (AvgIpc) is 3.38. The second-order valence-corrected chi connectivity index (χ2v) is 11.1. The molecule has 1 aliphatic rings. The zero-order chi connectivity index (χ0) is 19.0. The van der Waals surface area contributed by atoms with Gasteiger partial charge in [-0.3, -0.25) is 4.90 Å². The Hall–Kier alpha value is -1.23. The van der Waals surface area contributed by atoms with E-state index in [1.165, 1.54) is 4.31 Å². The Bertz CT molecular complexity index is 1020. The maximum atomic E-state index is 12.7. The van der Waals surface area contributed by atoms with Crippen molar-refractivity contribution in [2.24, 2.45) is 0 Å². The summed E-state index contributed by atoms with van der Waals surface area (Å²) in [5.41, 5.74) is 0.903. The SMILES string of the molecule is Cc1oc(-c2cccs2)nc1CN1CCN(S(=O)(=O)c2ccc(Cl)s2)CC1. The normalized spacial score (nSPS) is 16.8. The maximum absolute atomic E-state index is 12.7. The number of halogens is 1. The van der Waals surface area contributed by atoms with E-state index >= 15 is 0 Å². The number of hydrogen-bond acceptors (Lipinski definition) is 7. The van der Waals surface area contributed by atoms with Crippen molar-refractivity contribution in [1.29, 1.82) is 0 Å². The number of oxazole rings is 1. The minimum Gasteiger partial charge on any atom is -0.440 e. The quantitative estimate of drug-likeness (QED) is 0.597. The lowest BCUT2D eigenvalue weighted by atomic mass is 10.3. The van der Waals surface area contributed by atoms with Crippen molar-refractivity contribution in [3.05, 3.63) is 45.4 Å². The third-order valence-corrected chi connectivity index (χ3v) is 8.93. The van der Waals surface area contributed by atoms with E-state index in [1.807, 2.05) is 24.4 Å². The summed E-state index contributed by atoms with van der Waals surface area (Å²) < 4.78 is 33.5. The summed E-state index contributed by atoms with van der Waals surface area (Å²) in [6.45, 7) is 4.77. The van der Waals surface area contributed by atoms with Crippen LogP contribution in [0.1, 0.15) is 11.5 Å². The Balaban J connectivity index is 1.40. The minimum atomic E-state index is -3.46. The first-order chi connectivity index (χ1) is 12.9. The molecule has 0 atom stereocenters. The molecule has 4 heterocycles. The first kappa shape index (κ1) is 19.1. The van der Waals surface area contributed by atoms with Crippen LogP contribution in [-0.4, -0.2) is 48.8 Å².